The Morgan fingerprint density at radius 2 is 1.50 bits per heavy atom. The van der Waals surface area contributed by atoms with Crippen LogP contribution in [0.4, 0.5) is 8.78 Å². The highest BCUT2D eigenvalue weighted by Gasteiger charge is 2.22. The number of rotatable bonds is 11. The van der Waals surface area contributed by atoms with Gasteiger partial charge in [-0.25, -0.2) is 8.78 Å². The van der Waals surface area contributed by atoms with E-state index in [2.05, 4.69) is 19.1 Å². The molecule has 3 rings (SSSR count). The van der Waals surface area contributed by atoms with Crippen molar-refractivity contribution >= 4 is 16.9 Å². The first-order valence-electron chi connectivity index (χ1n) is 12.3. The summed E-state index contributed by atoms with van der Waals surface area (Å²) in [6, 6.07) is 14.0. The van der Waals surface area contributed by atoms with Crippen LogP contribution in [-0.4, -0.2) is 5.12 Å². The van der Waals surface area contributed by atoms with Gasteiger partial charge in [-0.2, -0.15) is 0 Å². The molecule has 0 aliphatic heterocycles. The van der Waals surface area contributed by atoms with Crippen LogP contribution in [0, 0.1) is 5.92 Å². The number of unbranched alkanes of at least 4 members (excludes halogenated alkanes) is 5. The van der Waals surface area contributed by atoms with Crippen molar-refractivity contribution in [2.75, 3.05) is 0 Å². The maximum Gasteiger partial charge on any atom is 0.263 e. The number of hydrogen-bond acceptors (Lipinski definition) is 2. The molecule has 1 fully saturated rings. The van der Waals surface area contributed by atoms with Gasteiger partial charge in [0.25, 0.3) is 6.43 Å². The first-order valence-corrected chi connectivity index (χ1v) is 13.1. The molecule has 1 aliphatic rings. The Kier molecular flexibility index (Phi) is 10.2. The summed E-state index contributed by atoms with van der Waals surface area (Å²) >= 11 is 1.16. The van der Waals surface area contributed by atoms with Crippen molar-refractivity contribution in [1.29, 1.82) is 0 Å². The fraction of sp³-hybridized carbons (Fsp3) is 0.536. The van der Waals surface area contributed by atoms with Crippen molar-refractivity contribution in [3.8, 4) is 0 Å². The van der Waals surface area contributed by atoms with Crippen LogP contribution < -0.4 is 0 Å². The molecule has 0 unspecified atom stereocenters. The van der Waals surface area contributed by atoms with Gasteiger partial charge in [0.05, 0.1) is 0 Å². The molecule has 1 nitrogen and oxygen atoms in total. The molecule has 174 valence electrons. The molecule has 0 atom stereocenters. The number of carbonyl (C=O) groups is 1. The van der Waals surface area contributed by atoms with Crippen molar-refractivity contribution in [1.82, 2.24) is 0 Å². The fourth-order valence-electron chi connectivity index (χ4n) is 4.74. The first kappa shape index (κ1) is 25.0. The van der Waals surface area contributed by atoms with Crippen LogP contribution in [-0.2, 0) is 0 Å². The van der Waals surface area contributed by atoms with Gasteiger partial charge in [-0.3, -0.25) is 4.79 Å². The highest BCUT2D eigenvalue weighted by atomic mass is 32.2. The summed E-state index contributed by atoms with van der Waals surface area (Å²) in [5.41, 5.74) is 1.77. The number of carbonyl (C=O) groups excluding carboxylic acids is 1. The minimum Gasteiger partial charge on any atom is -0.281 e. The van der Waals surface area contributed by atoms with E-state index in [1.807, 2.05) is 12.1 Å². The molecule has 0 radical (unpaired) electrons. The normalized spacial score (nSPS) is 18.8. The zero-order valence-corrected chi connectivity index (χ0v) is 20.0. The van der Waals surface area contributed by atoms with Gasteiger partial charge in [0, 0.05) is 16.0 Å². The lowest BCUT2D eigenvalue weighted by molar-refractivity contribution is 0.108. The molecule has 0 heterocycles. The Balaban J connectivity index is 1.41. The highest BCUT2D eigenvalue weighted by Crippen LogP contribution is 2.38. The van der Waals surface area contributed by atoms with Gasteiger partial charge in [0.2, 0.25) is 5.12 Å². The molecule has 4 heteroatoms. The minimum atomic E-state index is -2.51. The first-order chi connectivity index (χ1) is 15.6. The molecule has 32 heavy (non-hydrogen) atoms. The van der Waals surface area contributed by atoms with E-state index in [4.69, 9.17) is 0 Å². The van der Waals surface area contributed by atoms with Crippen LogP contribution in [0.15, 0.2) is 53.4 Å². The summed E-state index contributed by atoms with van der Waals surface area (Å²) in [4.78, 5) is 13.3. The zero-order valence-electron chi connectivity index (χ0n) is 19.2. The maximum absolute atomic E-state index is 12.7. The predicted molar refractivity (Wildman–Crippen MR) is 131 cm³/mol. The standard InChI is InChI=1S/C28H36F2OS/c1-2-3-4-5-6-7-8-21-9-11-22(12-10-21)23-17-19-26(20-18-23)32-28(31)25-15-13-24(14-16-25)27(29)30/h13-22,27H,2-12H2,1H3/t21-,22-. The maximum atomic E-state index is 12.7. The molecule has 1 aliphatic carbocycles. The lowest BCUT2D eigenvalue weighted by atomic mass is 9.77. The van der Waals surface area contributed by atoms with Crippen LogP contribution in [0.5, 0.6) is 0 Å². The van der Waals surface area contributed by atoms with E-state index in [0.29, 0.717) is 11.5 Å². The second kappa shape index (κ2) is 13.1. The summed E-state index contributed by atoms with van der Waals surface area (Å²) in [6.07, 6.45) is 12.4. The Hall–Kier alpha value is -1.68. The monoisotopic (exact) mass is 458 g/mol. The van der Waals surface area contributed by atoms with Crippen molar-refractivity contribution in [3.63, 3.8) is 0 Å². The third-order valence-electron chi connectivity index (χ3n) is 6.77. The zero-order chi connectivity index (χ0) is 22.8. The van der Waals surface area contributed by atoms with E-state index >= 15 is 0 Å². The molecular formula is C28H36F2OS. The molecule has 0 spiro atoms. The van der Waals surface area contributed by atoms with E-state index < -0.39 is 6.43 Å². The van der Waals surface area contributed by atoms with Gasteiger partial charge in [-0.1, -0.05) is 88.3 Å². The number of hydrogen-bond donors (Lipinski definition) is 0. The van der Waals surface area contributed by atoms with Crippen LogP contribution in [0.25, 0.3) is 0 Å². The van der Waals surface area contributed by atoms with Gasteiger partial charge in [0.15, 0.2) is 0 Å². The summed E-state index contributed by atoms with van der Waals surface area (Å²) in [6.45, 7) is 2.27. The number of alkyl halides is 2. The number of halogens is 2. The molecule has 0 N–H and O–H groups in total. The van der Waals surface area contributed by atoms with Gasteiger partial charge in [-0.05, 0) is 67.0 Å². The minimum absolute atomic E-state index is 0.0578. The summed E-state index contributed by atoms with van der Waals surface area (Å²) in [5, 5.41) is -0.117. The molecule has 0 aromatic heterocycles. The Bertz CT molecular complexity index is 808. The molecule has 0 amide bonds. The summed E-state index contributed by atoms with van der Waals surface area (Å²) < 4.78 is 25.4. The van der Waals surface area contributed by atoms with Crippen LogP contribution >= 0.6 is 11.8 Å². The largest absolute Gasteiger partial charge is 0.281 e. The quantitative estimate of drug-likeness (QED) is 0.246. The predicted octanol–water partition coefficient (Wildman–Crippen LogP) is 9.58. The smallest absolute Gasteiger partial charge is 0.263 e. The van der Waals surface area contributed by atoms with Crippen molar-refractivity contribution in [2.24, 2.45) is 5.92 Å². The van der Waals surface area contributed by atoms with Crippen LogP contribution in [0.3, 0.4) is 0 Å². The number of benzene rings is 2. The average Bonchev–Trinajstić information content (AvgIpc) is 2.82. The van der Waals surface area contributed by atoms with Crippen molar-refractivity contribution in [2.45, 2.75) is 94.8 Å². The fourth-order valence-corrected chi connectivity index (χ4v) is 5.48. The SMILES string of the molecule is CCCCCCCC[C@H]1CC[C@H](c2ccc(SC(=O)c3ccc(C(F)F)cc3)cc2)CC1. The highest BCUT2D eigenvalue weighted by molar-refractivity contribution is 8.14. The second-order valence-electron chi connectivity index (χ2n) is 9.16. The van der Waals surface area contributed by atoms with Crippen molar-refractivity contribution < 1.29 is 13.6 Å². The molecule has 0 bridgehead atoms. The average molecular weight is 459 g/mol. The molecule has 0 saturated heterocycles. The Morgan fingerprint density at radius 1 is 0.875 bits per heavy atom. The van der Waals surface area contributed by atoms with Gasteiger partial charge in [0.1, 0.15) is 0 Å². The number of thioether (sulfide) groups is 1. The second-order valence-corrected chi connectivity index (χ2v) is 10.2. The van der Waals surface area contributed by atoms with E-state index in [1.54, 1.807) is 0 Å². The topological polar surface area (TPSA) is 17.1 Å². The summed E-state index contributed by atoms with van der Waals surface area (Å²) in [5.74, 6) is 1.54. The van der Waals surface area contributed by atoms with E-state index in [-0.39, 0.29) is 10.7 Å². The van der Waals surface area contributed by atoms with Gasteiger partial charge >= 0.3 is 0 Å². The Labute approximate surface area is 196 Å². The lowest BCUT2D eigenvalue weighted by Crippen LogP contribution is -2.13. The van der Waals surface area contributed by atoms with E-state index in [9.17, 15) is 13.6 Å². The molecule has 2 aromatic rings. The summed E-state index contributed by atoms with van der Waals surface area (Å²) in [7, 11) is 0. The van der Waals surface area contributed by atoms with E-state index in [1.165, 1.54) is 100 Å². The Morgan fingerprint density at radius 3 is 2.12 bits per heavy atom. The third kappa shape index (κ3) is 7.72. The molecule has 1 saturated carbocycles. The van der Waals surface area contributed by atoms with Crippen molar-refractivity contribution in [3.05, 3.63) is 65.2 Å². The van der Waals surface area contributed by atoms with Crippen LogP contribution in [0.1, 0.15) is 111 Å². The third-order valence-corrected chi connectivity index (χ3v) is 7.70. The molecule has 2 aromatic carbocycles. The molecular weight excluding hydrogens is 422 g/mol. The van der Waals surface area contributed by atoms with Gasteiger partial charge < -0.3 is 0 Å². The van der Waals surface area contributed by atoms with Crippen LogP contribution in [0.2, 0.25) is 0 Å². The lowest BCUT2D eigenvalue weighted by Gasteiger charge is -2.29. The van der Waals surface area contributed by atoms with E-state index in [0.717, 1.165) is 22.6 Å². The van der Waals surface area contributed by atoms with Gasteiger partial charge in [-0.15, -0.1) is 0 Å².